The van der Waals surface area contributed by atoms with Crippen molar-refractivity contribution in [2.24, 2.45) is 5.41 Å². The minimum absolute atomic E-state index is 0.358. The molecule has 0 aromatic rings. The highest BCUT2D eigenvalue weighted by Gasteiger charge is 2.31. The minimum Gasteiger partial charge on any atom is -0.131 e. The Kier molecular flexibility index (Phi) is 7.09. The van der Waals surface area contributed by atoms with E-state index in [-0.39, 0.29) is 0 Å². The van der Waals surface area contributed by atoms with E-state index in [1.54, 1.807) is 0 Å². The third-order valence-electron chi connectivity index (χ3n) is 3.90. The summed E-state index contributed by atoms with van der Waals surface area (Å²) in [6.07, 6.45) is 9.80. The second-order valence-corrected chi connectivity index (χ2v) is 7.57. The van der Waals surface area contributed by atoms with Gasteiger partial charge in [0.2, 0.25) is 0 Å². The van der Waals surface area contributed by atoms with E-state index in [0.29, 0.717) is 10.6 Å². The van der Waals surface area contributed by atoms with Crippen molar-refractivity contribution >= 4 is 9.24 Å². The molecule has 15 heavy (non-hydrogen) atoms. The summed E-state index contributed by atoms with van der Waals surface area (Å²) in [4.78, 5) is 0. The zero-order valence-electron chi connectivity index (χ0n) is 11.5. The van der Waals surface area contributed by atoms with Gasteiger partial charge in [-0.3, -0.25) is 0 Å². The molecule has 0 aliphatic heterocycles. The first-order valence-corrected chi connectivity index (χ1v) is 7.18. The molecule has 0 N–H and O–H groups in total. The maximum Gasteiger partial charge on any atom is -0.0156 e. The SMILES string of the molecule is CCCCCCCCC(C)(C)C(C)(C)P. The van der Waals surface area contributed by atoms with Crippen molar-refractivity contribution in [3.63, 3.8) is 0 Å². The van der Waals surface area contributed by atoms with E-state index < -0.39 is 0 Å². The van der Waals surface area contributed by atoms with E-state index >= 15 is 0 Å². The molecule has 0 fully saturated rings. The molecular weight excluding hydrogens is 199 g/mol. The lowest BCUT2D eigenvalue weighted by atomic mass is 9.76. The average molecular weight is 230 g/mol. The van der Waals surface area contributed by atoms with Gasteiger partial charge in [-0.05, 0) is 17.0 Å². The van der Waals surface area contributed by atoms with Gasteiger partial charge in [-0.25, -0.2) is 0 Å². The van der Waals surface area contributed by atoms with Crippen LogP contribution in [0.15, 0.2) is 0 Å². The van der Waals surface area contributed by atoms with Gasteiger partial charge in [-0.15, -0.1) is 9.24 Å². The summed E-state index contributed by atoms with van der Waals surface area (Å²) in [6, 6.07) is 0. The van der Waals surface area contributed by atoms with E-state index in [2.05, 4.69) is 43.9 Å². The van der Waals surface area contributed by atoms with Crippen molar-refractivity contribution in [3.8, 4) is 0 Å². The fraction of sp³-hybridized carbons (Fsp3) is 1.00. The molecule has 0 aromatic heterocycles. The zero-order chi connectivity index (χ0) is 11.9. The molecule has 1 atom stereocenters. The molecule has 1 heteroatoms. The molecule has 0 bridgehead atoms. The van der Waals surface area contributed by atoms with Crippen LogP contribution in [0.5, 0.6) is 0 Å². The molecule has 0 saturated carbocycles. The number of rotatable bonds is 8. The van der Waals surface area contributed by atoms with Crippen molar-refractivity contribution in [2.45, 2.75) is 84.7 Å². The first-order valence-electron chi connectivity index (χ1n) is 6.60. The van der Waals surface area contributed by atoms with Gasteiger partial charge in [0, 0.05) is 0 Å². The third kappa shape index (κ3) is 6.56. The molecule has 0 aromatic carbocycles. The van der Waals surface area contributed by atoms with Crippen LogP contribution in [-0.2, 0) is 0 Å². The molecule has 0 spiro atoms. The van der Waals surface area contributed by atoms with Crippen molar-refractivity contribution in [3.05, 3.63) is 0 Å². The molecule has 0 amide bonds. The summed E-state index contributed by atoms with van der Waals surface area (Å²) in [5.74, 6) is 0. The first-order chi connectivity index (χ1) is 6.81. The van der Waals surface area contributed by atoms with Crippen molar-refractivity contribution in [1.29, 1.82) is 0 Å². The molecule has 92 valence electrons. The van der Waals surface area contributed by atoms with Crippen LogP contribution >= 0.6 is 9.24 Å². The quantitative estimate of drug-likeness (QED) is 0.386. The standard InChI is InChI=1S/C14H31P/c1-6-7-8-9-10-11-12-13(2,3)14(4,5)15/h6-12,15H2,1-5H3. The Hall–Kier alpha value is 0.430. The molecule has 1 unspecified atom stereocenters. The monoisotopic (exact) mass is 230 g/mol. The Morgan fingerprint density at radius 1 is 0.800 bits per heavy atom. The van der Waals surface area contributed by atoms with Crippen molar-refractivity contribution in [1.82, 2.24) is 0 Å². The zero-order valence-corrected chi connectivity index (χ0v) is 12.7. The summed E-state index contributed by atoms with van der Waals surface area (Å²) < 4.78 is 0. The van der Waals surface area contributed by atoms with E-state index in [4.69, 9.17) is 0 Å². The van der Waals surface area contributed by atoms with Gasteiger partial charge < -0.3 is 0 Å². The van der Waals surface area contributed by atoms with Crippen LogP contribution < -0.4 is 0 Å². The van der Waals surface area contributed by atoms with Crippen molar-refractivity contribution in [2.75, 3.05) is 0 Å². The lowest BCUT2D eigenvalue weighted by Crippen LogP contribution is -2.32. The first kappa shape index (κ1) is 15.4. The van der Waals surface area contributed by atoms with Crippen LogP contribution in [0.1, 0.15) is 79.6 Å². The van der Waals surface area contributed by atoms with Gasteiger partial charge in [-0.2, -0.15) is 0 Å². The Morgan fingerprint density at radius 3 is 1.73 bits per heavy atom. The highest BCUT2D eigenvalue weighted by molar-refractivity contribution is 7.18. The number of hydrogen-bond acceptors (Lipinski definition) is 0. The molecule has 0 radical (unpaired) electrons. The summed E-state index contributed by atoms with van der Waals surface area (Å²) in [5.41, 5.74) is 0.447. The van der Waals surface area contributed by atoms with Gasteiger partial charge in [0.1, 0.15) is 0 Å². The molecule has 0 rings (SSSR count). The summed E-state index contributed by atoms with van der Waals surface area (Å²) in [5, 5.41) is 0.358. The molecular formula is C14H31P. The second kappa shape index (κ2) is 6.89. The normalized spacial score (nSPS) is 13.2. The summed E-state index contributed by atoms with van der Waals surface area (Å²) in [7, 11) is 3.00. The Bertz CT molecular complexity index is 153. The molecule has 0 heterocycles. The maximum atomic E-state index is 3.00. The van der Waals surface area contributed by atoms with Crippen molar-refractivity contribution < 1.29 is 0 Å². The van der Waals surface area contributed by atoms with Crippen LogP contribution in [0.2, 0.25) is 0 Å². The predicted molar refractivity (Wildman–Crippen MR) is 75.6 cm³/mol. The fourth-order valence-electron chi connectivity index (χ4n) is 1.67. The Labute approximate surface area is 99.8 Å². The van der Waals surface area contributed by atoms with E-state index in [1.165, 1.54) is 44.9 Å². The molecule has 0 saturated heterocycles. The molecule has 0 aliphatic carbocycles. The highest BCUT2D eigenvalue weighted by atomic mass is 31.0. The van der Waals surface area contributed by atoms with Gasteiger partial charge in [-0.1, -0.05) is 73.1 Å². The van der Waals surface area contributed by atoms with Crippen LogP contribution in [0, 0.1) is 5.41 Å². The van der Waals surface area contributed by atoms with Gasteiger partial charge in [0.25, 0.3) is 0 Å². The summed E-state index contributed by atoms with van der Waals surface area (Å²) >= 11 is 0. The predicted octanol–water partition coefficient (Wildman–Crippen LogP) is 5.42. The van der Waals surface area contributed by atoms with Crippen LogP contribution in [0.3, 0.4) is 0 Å². The van der Waals surface area contributed by atoms with E-state index in [0.717, 1.165) is 0 Å². The van der Waals surface area contributed by atoms with Crippen LogP contribution in [0.4, 0.5) is 0 Å². The number of hydrogen-bond donors (Lipinski definition) is 0. The van der Waals surface area contributed by atoms with E-state index in [1.807, 2.05) is 0 Å². The average Bonchev–Trinajstić information content (AvgIpc) is 2.09. The highest BCUT2D eigenvalue weighted by Crippen LogP contribution is 2.41. The Balaban J connectivity index is 3.58. The van der Waals surface area contributed by atoms with Gasteiger partial charge in [0.05, 0.1) is 0 Å². The smallest absolute Gasteiger partial charge is 0.0156 e. The van der Waals surface area contributed by atoms with E-state index in [9.17, 15) is 0 Å². The van der Waals surface area contributed by atoms with Gasteiger partial charge >= 0.3 is 0 Å². The third-order valence-corrected chi connectivity index (χ3v) is 4.68. The maximum absolute atomic E-state index is 3.00. The lowest BCUT2D eigenvalue weighted by Gasteiger charge is -2.38. The topological polar surface area (TPSA) is 0 Å². The van der Waals surface area contributed by atoms with Gasteiger partial charge in [0.15, 0.2) is 0 Å². The van der Waals surface area contributed by atoms with Crippen LogP contribution in [-0.4, -0.2) is 5.16 Å². The largest absolute Gasteiger partial charge is 0.131 e. The Morgan fingerprint density at radius 2 is 1.27 bits per heavy atom. The lowest BCUT2D eigenvalue weighted by molar-refractivity contribution is 0.249. The molecule has 0 aliphatic rings. The minimum atomic E-state index is 0.358. The molecule has 0 nitrogen and oxygen atoms in total. The van der Waals surface area contributed by atoms with Crippen LogP contribution in [0.25, 0.3) is 0 Å². The fourth-order valence-corrected chi connectivity index (χ4v) is 1.81. The number of unbranched alkanes of at least 4 members (excludes halogenated alkanes) is 5. The second-order valence-electron chi connectivity index (χ2n) is 6.12. The summed E-state index contributed by atoms with van der Waals surface area (Å²) in [6.45, 7) is 11.7.